The van der Waals surface area contributed by atoms with E-state index in [1.807, 2.05) is 0 Å². The first-order valence-corrected chi connectivity index (χ1v) is 6.50. The van der Waals surface area contributed by atoms with Crippen LogP contribution in [0.25, 0.3) is 0 Å². The van der Waals surface area contributed by atoms with Crippen LogP contribution in [0.4, 0.5) is 10.1 Å². The van der Waals surface area contributed by atoms with Gasteiger partial charge in [-0.1, -0.05) is 24.3 Å². The lowest BCUT2D eigenvalue weighted by molar-refractivity contribution is 0.762. The maximum Gasteiger partial charge on any atom is 0.185 e. The van der Waals surface area contributed by atoms with Gasteiger partial charge >= 0.3 is 0 Å². The number of aromatic nitrogens is 1. The van der Waals surface area contributed by atoms with Crippen LogP contribution >= 0.6 is 22.7 Å². The summed E-state index contributed by atoms with van der Waals surface area (Å²) < 4.78 is 0. The number of anilines is 2. The molecule has 0 aliphatic rings. The highest BCUT2D eigenvalue weighted by Crippen LogP contribution is 2.28. The average molecular weight is 239 g/mol. The van der Waals surface area contributed by atoms with E-state index in [2.05, 4.69) is 34.7 Å². The SMILES string of the molecule is CCC(Nc1ncc(N)s1)c1cccs1. The Balaban J connectivity index is 2.09. The van der Waals surface area contributed by atoms with Crippen LogP contribution in [0.1, 0.15) is 24.3 Å². The molecule has 0 radical (unpaired) electrons. The number of nitrogens with one attached hydrogen (secondary N) is 1. The third-order valence-electron chi connectivity index (χ3n) is 2.12. The second kappa shape index (κ2) is 4.63. The predicted octanol–water partition coefficient (Wildman–Crippen LogP) is 3.35. The lowest BCUT2D eigenvalue weighted by Crippen LogP contribution is -2.07. The largest absolute Gasteiger partial charge is 0.389 e. The van der Waals surface area contributed by atoms with Crippen molar-refractivity contribution in [2.75, 3.05) is 11.1 Å². The monoisotopic (exact) mass is 239 g/mol. The standard InChI is InChI=1S/C10H13N3S2/c1-2-7(8-4-3-5-14-8)13-10-12-6-9(11)15-10/h3-7H,2,11H2,1H3,(H,12,13). The van der Waals surface area contributed by atoms with E-state index in [1.54, 1.807) is 17.5 Å². The molecule has 3 nitrogen and oxygen atoms in total. The molecule has 0 amide bonds. The highest BCUT2D eigenvalue weighted by Gasteiger charge is 2.11. The fraction of sp³-hybridized carbons (Fsp3) is 0.300. The van der Waals surface area contributed by atoms with E-state index in [1.165, 1.54) is 16.2 Å². The molecular formula is C10H13N3S2. The molecule has 5 heteroatoms. The zero-order chi connectivity index (χ0) is 10.7. The Bertz CT molecular complexity index is 408. The minimum Gasteiger partial charge on any atom is -0.389 e. The summed E-state index contributed by atoms with van der Waals surface area (Å²) in [5.74, 6) is 0. The summed E-state index contributed by atoms with van der Waals surface area (Å²) in [4.78, 5) is 5.54. The van der Waals surface area contributed by atoms with Crippen molar-refractivity contribution < 1.29 is 0 Å². The zero-order valence-corrected chi connectivity index (χ0v) is 10.1. The van der Waals surface area contributed by atoms with Gasteiger partial charge in [0.1, 0.15) is 5.00 Å². The van der Waals surface area contributed by atoms with E-state index in [4.69, 9.17) is 5.73 Å². The summed E-state index contributed by atoms with van der Waals surface area (Å²) in [5.41, 5.74) is 5.63. The van der Waals surface area contributed by atoms with Gasteiger partial charge in [-0.2, -0.15) is 0 Å². The van der Waals surface area contributed by atoms with Crippen LogP contribution in [0, 0.1) is 0 Å². The Hall–Kier alpha value is -1.07. The molecule has 0 spiro atoms. The first kappa shape index (κ1) is 10.4. The second-order valence-corrected chi connectivity index (χ2v) is 5.23. The van der Waals surface area contributed by atoms with Crippen molar-refractivity contribution in [3.63, 3.8) is 0 Å². The molecule has 0 aliphatic heterocycles. The number of nitrogens with zero attached hydrogens (tertiary/aromatic N) is 1. The second-order valence-electron chi connectivity index (χ2n) is 3.19. The molecule has 2 heterocycles. The molecular weight excluding hydrogens is 226 g/mol. The third kappa shape index (κ3) is 2.49. The maximum atomic E-state index is 5.63. The fourth-order valence-electron chi connectivity index (χ4n) is 1.37. The minimum atomic E-state index is 0.343. The maximum absolute atomic E-state index is 5.63. The van der Waals surface area contributed by atoms with Crippen molar-refractivity contribution in [1.29, 1.82) is 0 Å². The van der Waals surface area contributed by atoms with Crippen molar-refractivity contribution in [3.05, 3.63) is 28.6 Å². The van der Waals surface area contributed by atoms with E-state index in [0.717, 1.165) is 16.6 Å². The number of thiazole rings is 1. The summed E-state index contributed by atoms with van der Waals surface area (Å²) in [6.45, 7) is 2.16. The van der Waals surface area contributed by atoms with Crippen molar-refractivity contribution in [2.45, 2.75) is 19.4 Å². The van der Waals surface area contributed by atoms with Gasteiger partial charge in [0.05, 0.1) is 12.2 Å². The minimum absolute atomic E-state index is 0.343. The van der Waals surface area contributed by atoms with Crippen molar-refractivity contribution in [1.82, 2.24) is 4.98 Å². The molecule has 0 bridgehead atoms. The number of hydrogen-bond acceptors (Lipinski definition) is 5. The van der Waals surface area contributed by atoms with E-state index < -0.39 is 0 Å². The van der Waals surface area contributed by atoms with Crippen LogP contribution in [0.15, 0.2) is 23.7 Å². The Morgan fingerprint density at radius 3 is 3.00 bits per heavy atom. The molecule has 0 saturated heterocycles. The van der Waals surface area contributed by atoms with Gasteiger partial charge in [0.15, 0.2) is 5.13 Å². The van der Waals surface area contributed by atoms with Gasteiger partial charge in [0, 0.05) is 4.88 Å². The van der Waals surface area contributed by atoms with Crippen molar-refractivity contribution >= 4 is 32.8 Å². The summed E-state index contributed by atoms with van der Waals surface area (Å²) in [7, 11) is 0. The Morgan fingerprint density at radius 1 is 1.60 bits per heavy atom. The lowest BCUT2D eigenvalue weighted by Gasteiger charge is -2.13. The molecule has 0 saturated carbocycles. The van der Waals surface area contributed by atoms with Crippen LogP contribution < -0.4 is 11.1 Å². The van der Waals surface area contributed by atoms with E-state index in [0.29, 0.717) is 6.04 Å². The highest BCUT2D eigenvalue weighted by atomic mass is 32.1. The Labute approximate surface area is 97.0 Å². The number of rotatable bonds is 4. The quantitative estimate of drug-likeness (QED) is 0.860. The Kier molecular flexibility index (Phi) is 3.23. The number of nitrogens with two attached hydrogens (primary N) is 1. The summed E-state index contributed by atoms with van der Waals surface area (Å²) in [6, 6.07) is 4.55. The zero-order valence-electron chi connectivity index (χ0n) is 8.43. The molecule has 2 aromatic heterocycles. The van der Waals surface area contributed by atoms with Gasteiger partial charge in [-0.25, -0.2) is 4.98 Å². The van der Waals surface area contributed by atoms with E-state index >= 15 is 0 Å². The van der Waals surface area contributed by atoms with Crippen LogP contribution in [0.5, 0.6) is 0 Å². The summed E-state index contributed by atoms with van der Waals surface area (Å²) in [5, 5.41) is 7.13. The third-order valence-corrected chi connectivity index (χ3v) is 3.86. The van der Waals surface area contributed by atoms with E-state index in [9.17, 15) is 0 Å². The van der Waals surface area contributed by atoms with E-state index in [-0.39, 0.29) is 0 Å². The molecule has 0 aromatic carbocycles. The molecule has 0 aliphatic carbocycles. The molecule has 1 unspecified atom stereocenters. The Morgan fingerprint density at radius 2 is 2.47 bits per heavy atom. The van der Waals surface area contributed by atoms with Gasteiger partial charge in [-0.05, 0) is 17.9 Å². The van der Waals surface area contributed by atoms with Crippen LogP contribution in [-0.4, -0.2) is 4.98 Å². The topological polar surface area (TPSA) is 50.9 Å². The number of thiophene rings is 1. The van der Waals surface area contributed by atoms with Crippen LogP contribution in [0.2, 0.25) is 0 Å². The molecule has 2 rings (SSSR count). The predicted molar refractivity (Wildman–Crippen MR) is 67.5 cm³/mol. The van der Waals surface area contributed by atoms with Gasteiger partial charge in [-0.15, -0.1) is 11.3 Å². The van der Waals surface area contributed by atoms with Crippen LogP contribution in [0.3, 0.4) is 0 Å². The van der Waals surface area contributed by atoms with Gasteiger partial charge < -0.3 is 11.1 Å². The molecule has 3 N–H and O–H groups in total. The van der Waals surface area contributed by atoms with Crippen molar-refractivity contribution in [2.24, 2.45) is 0 Å². The summed E-state index contributed by atoms with van der Waals surface area (Å²) >= 11 is 3.25. The van der Waals surface area contributed by atoms with Crippen molar-refractivity contribution in [3.8, 4) is 0 Å². The average Bonchev–Trinajstić information content (AvgIpc) is 2.85. The molecule has 2 aromatic rings. The number of hydrogen-bond donors (Lipinski definition) is 2. The number of nitrogen functional groups attached to an aromatic ring is 1. The fourth-order valence-corrected chi connectivity index (χ4v) is 2.86. The lowest BCUT2D eigenvalue weighted by atomic mass is 10.2. The first-order chi connectivity index (χ1) is 7.29. The highest BCUT2D eigenvalue weighted by molar-refractivity contribution is 7.19. The van der Waals surface area contributed by atoms with Gasteiger partial charge in [0.25, 0.3) is 0 Å². The van der Waals surface area contributed by atoms with Gasteiger partial charge in [0.2, 0.25) is 0 Å². The molecule has 15 heavy (non-hydrogen) atoms. The molecule has 1 atom stereocenters. The summed E-state index contributed by atoms with van der Waals surface area (Å²) in [6.07, 6.45) is 2.73. The molecule has 0 fully saturated rings. The van der Waals surface area contributed by atoms with Gasteiger partial charge in [-0.3, -0.25) is 0 Å². The smallest absolute Gasteiger partial charge is 0.185 e. The normalized spacial score (nSPS) is 12.6. The first-order valence-electron chi connectivity index (χ1n) is 4.81. The van der Waals surface area contributed by atoms with Crippen LogP contribution in [-0.2, 0) is 0 Å². The molecule has 80 valence electrons.